The van der Waals surface area contributed by atoms with Crippen molar-refractivity contribution in [2.24, 2.45) is 0 Å². The summed E-state index contributed by atoms with van der Waals surface area (Å²) in [4.78, 5) is 48.7. The third kappa shape index (κ3) is 5.64. The zero-order valence-electron chi connectivity index (χ0n) is 20.7. The van der Waals surface area contributed by atoms with E-state index in [0.717, 1.165) is 31.4 Å². The molecular weight excluding hydrogens is 522 g/mol. The molecule has 0 unspecified atom stereocenters. The number of hydrogen-bond acceptors (Lipinski definition) is 8. The van der Waals surface area contributed by atoms with Gasteiger partial charge in [0.1, 0.15) is 15.8 Å². The first-order valence-corrected chi connectivity index (χ1v) is 13.6. The summed E-state index contributed by atoms with van der Waals surface area (Å²) in [6.07, 6.45) is 3.51. The zero-order valence-corrected chi connectivity index (χ0v) is 22.3. The van der Waals surface area contributed by atoms with E-state index in [-0.39, 0.29) is 24.4 Å². The number of anilines is 1. The van der Waals surface area contributed by atoms with Crippen LogP contribution in [0.2, 0.25) is 0 Å². The number of nitrogens with zero attached hydrogens (tertiary/aromatic N) is 5. The Balaban J connectivity index is 1.42. The van der Waals surface area contributed by atoms with Crippen molar-refractivity contribution >= 4 is 57.7 Å². The van der Waals surface area contributed by atoms with Crippen LogP contribution in [0.1, 0.15) is 24.0 Å². The van der Waals surface area contributed by atoms with Crippen molar-refractivity contribution in [3.05, 3.63) is 81.1 Å². The van der Waals surface area contributed by atoms with E-state index < -0.39 is 5.97 Å². The quantitative estimate of drug-likeness (QED) is 0.336. The Morgan fingerprint density at radius 1 is 1.05 bits per heavy atom. The predicted molar refractivity (Wildman–Crippen MR) is 152 cm³/mol. The first kappa shape index (κ1) is 26.1. The van der Waals surface area contributed by atoms with Gasteiger partial charge in [0, 0.05) is 51.9 Å². The molecule has 1 aromatic carbocycles. The van der Waals surface area contributed by atoms with Gasteiger partial charge in [-0.2, -0.15) is 0 Å². The van der Waals surface area contributed by atoms with Gasteiger partial charge in [0.25, 0.3) is 11.5 Å². The molecule has 11 heteroatoms. The van der Waals surface area contributed by atoms with E-state index in [1.807, 2.05) is 24.3 Å². The maximum Gasteiger partial charge on any atom is 0.303 e. The molecule has 9 nitrogen and oxygen atoms in total. The molecule has 2 aliphatic heterocycles. The summed E-state index contributed by atoms with van der Waals surface area (Å²) >= 11 is 6.51. The lowest BCUT2D eigenvalue weighted by Gasteiger charge is -2.36. The van der Waals surface area contributed by atoms with Crippen LogP contribution in [0.25, 0.3) is 11.7 Å². The van der Waals surface area contributed by atoms with E-state index in [9.17, 15) is 14.4 Å². The van der Waals surface area contributed by atoms with Gasteiger partial charge in [-0.25, -0.2) is 4.98 Å². The van der Waals surface area contributed by atoms with E-state index in [0.29, 0.717) is 45.8 Å². The molecule has 2 saturated heterocycles. The standard InChI is InChI=1S/C27H27N5O4S2/c33-23(34)10-6-12-32-26(36)21(38-27(32)37)17-20-24(28-22-9-4-5-11-31(22)25(20)35)30-15-13-29(14-16-30)18-19-7-2-1-3-8-19/h1-5,7-9,11,17H,6,10,12-16,18H2,(H,33,34). The molecule has 0 aliphatic carbocycles. The van der Waals surface area contributed by atoms with Crippen LogP contribution in [0, 0.1) is 0 Å². The third-order valence-electron chi connectivity index (χ3n) is 6.59. The molecule has 0 spiro atoms. The molecule has 4 heterocycles. The summed E-state index contributed by atoms with van der Waals surface area (Å²) in [6, 6.07) is 15.7. The molecular formula is C27H27N5O4S2. The lowest BCUT2D eigenvalue weighted by atomic mass is 10.2. The molecule has 0 atom stereocenters. The number of aliphatic carboxylic acids is 1. The summed E-state index contributed by atoms with van der Waals surface area (Å²) in [5.41, 5.74) is 1.89. The Bertz CT molecular complexity index is 1470. The second-order valence-corrected chi connectivity index (χ2v) is 10.8. The maximum absolute atomic E-state index is 13.6. The summed E-state index contributed by atoms with van der Waals surface area (Å²) in [6.45, 7) is 4.10. The van der Waals surface area contributed by atoms with Crippen molar-refractivity contribution in [2.75, 3.05) is 37.6 Å². The van der Waals surface area contributed by atoms with Gasteiger partial charge >= 0.3 is 5.97 Å². The minimum atomic E-state index is -0.922. The highest BCUT2D eigenvalue weighted by Crippen LogP contribution is 2.34. The first-order chi connectivity index (χ1) is 18.4. The fourth-order valence-corrected chi connectivity index (χ4v) is 5.92. The largest absolute Gasteiger partial charge is 0.481 e. The van der Waals surface area contributed by atoms with Crippen molar-refractivity contribution in [3.8, 4) is 0 Å². The highest BCUT2D eigenvalue weighted by atomic mass is 32.2. The fraction of sp³-hybridized carbons (Fsp3) is 0.296. The Morgan fingerprint density at radius 2 is 1.79 bits per heavy atom. The van der Waals surface area contributed by atoms with E-state index >= 15 is 0 Å². The number of aromatic nitrogens is 2. The maximum atomic E-state index is 13.6. The molecule has 2 aliphatic rings. The van der Waals surface area contributed by atoms with Crippen molar-refractivity contribution in [2.45, 2.75) is 19.4 Å². The second kappa shape index (κ2) is 11.5. The molecule has 196 valence electrons. The molecule has 38 heavy (non-hydrogen) atoms. The smallest absolute Gasteiger partial charge is 0.303 e. The highest BCUT2D eigenvalue weighted by molar-refractivity contribution is 8.26. The predicted octanol–water partition coefficient (Wildman–Crippen LogP) is 3.08. The summed E-state index contributed by atoms with van der Waals surface area (Å²) < 4.78 is 1.84. The second-order valence-electron chi connectivity index (χ2n) is 9.16. The molecule has 5 rings (SSSR count). The van der Waals surface area contributed by atoms with Gasteiger partial charge in [-0.3, -0.25) is 28.6 Å². The molecule has 2 aromatic heterocycles. The number of fused-ring (bicyclic) bond motifs is 1. The van der Waals surface area contributed by atoms with Crippen LogP contribution >= 0.6 is 24.0 Å². The highest BCUT2D eigenvalue weighted by Gasteiger charge is 2.33. The van der Waals surface area contributed by atoms with Crippen molar-refractivity contribution in [1.82, 2.24) is 19.2 Å². The number of hydrogen-bond donors (Lipinski definition) is 1. The fourth-order valence-electron chi connectivity index (χ4n) is 4.63. The number of carbonyl (C=O) groups excluding carboxylic acids is 1. The minimum absolute atomic E-state index is 0.0492. The minimum Gasteiger partial charge on any atom is -0.481 e. The Hall–Kier alpha value is -3.54. The van der Waals surface area contributed by atoms with Crippen LogP contribution in [0.5, 0.6) is 0 Å². The van der Waals surface area contributed by atoms with Gasteiger partial charge in [0.05, 0.1) is 10.5 Å². The topological polar surface area (TPSA) is 98.5 Å². The Kier molecular flexibility index (Phi) is 7.87. The van der Waals surface area contributed by atoms with E-state index in [2.05, 4.69) is 21.9 Å². The van der Waals surface area contributed by atoms with Gasteiger partial charge in [0.15, 0.2) is 0 Å². The summed E-state index contributed by atoms with van der Waals surface area (Å²) in [7, 11) is 0. The number of amides is 1. The molecule has 0 saturated carbocycles. The van der Waals surface area contributed by atoms with Crippen LogP contribution in [-0.4, -0.2) is 73.2 Å². The number of carboxylic acids is 1. The number of pyridine rings is 1. The van der Waals surface area contributed by atoms with Gasteiger partial charge < -0.3 is 10.0 Å². The number of carboxylic acid groups (broad SMARTS) is 1. The lowest BCUT2D eigenvalue weighted by molar-refractivity contribution is -0.137. The molecule has 2 fully saturated rings. The van der Waals surface area contributed by atoms with Crippen LogP contribution in [0.3, 0.4) is 0 Å². The number of thioether (sulfide) groups is 1. The lowest BCUT2D eigenvalue weighted by Crippen LogP contribution is -2.47. The first-order valence-electron chi connectivity index (χ1n) is 12.4. The Morgan fingerprint density at radius 3 is 2.53 bits per heavy atom. The molecule has 1 N–H and O–H groups in total. The zero-order chi connectivity index (χ0) is 26.6. The van der Waals surface area contributed by atoms with E-state index in [4.69, 9.17) is 22.3 Å². The number of piperazine rings is 1. The molecule has 0 radical (unpaired) electrons. The van der Waals surface area contributed by atoms with Gasteiger partial charge in [0.2, 0.25) is 0 Å². The summed E-state index contributed by atoms with van der Waals surface area (Å²) in [5.74, 6) is -0.687. The molecule has 3 aromatic rings. The SMILES string of the molecule is O=C(O)CCCN1C(=O)C(=Cc2c(N3CCN(Cc4ccccc4)CC3)nc3ccccn3c2=O)SC1=S. The molecule has 0 bridgehead atoms. The monoisotopic (exact) mass is 549 g/mol. The van der Waals surface area contributed by atoms with Crippen molar-refractivity contribution < 1.29 is 14.7 Å². The van der Waals surface area contributed by atoms with E-state index in [1.54, 1.807) is 24.4 Å². The van der Waals surface area contributed by atoms with Crippen molar-refractivity contribution in [1.29, 1.82) is 0 Å². The Labute approximate surface area is 229 Å². The van der Waals surface area contributed by atoms with E-state index in [1.165, 1.54) is 14.9 Å². The van der Waals surface area contributed by atoms with Crippen molar-refractivity contribution in [3.63, 3.8) is 0 Å². The van der Waals surface area contributed by atoms with Gasteiger partial charge in [-0.1, -0.05) is 60.4 Å². The van der Waals surface area contributed by atoms with Gasteiger partial charge in [-0.15, -0.1) is 0 Å². The number of thiocarbonyl (C=S) groups is 1. The van der Waals surface area contributed by atoms with Crippen LogP contribution in [-0.2, 0) is 16.1 Å². The van der Waals surface area contributed by atoms with Crippen LogP contribution in [0.15, 0.2) is 64.4 Å². The van der Waals surface area contributed by atoms with Crippen LogP contribution < -0.4 is 10.5 Å². The normalized spacial score (nSPS) is 17.6. The number of rotatable bonds is 8. The summed E-state index contributed by atoms with van der Waals surface area (Å²) in [5, 5.41) is 8.92. The third-order valence-corrected chi connectivity index (χ3v) is 7.97. The van der Waals surface area contributed by atoms with Gasteiger partial charge in [-0.05, 0) is 30.2 Å². The van der Waals surface area contributed by atoms with Crippen LogP contribution in [0.4, 0.5) is 5.82 Å². The number of benzene rings is 1. The molecule has 1 amide bonds. The number of carbonyl (C=O) groups is 2. The average Bonchev–Trinajstić information content (AvgIpc) is 3.18. The average molecular weight is 550 g/mol.